The van der Waals surface area contributed by atoms with Gasteiger partial charge >= 0.3 is 0 Å². The number of benzene rings is 8. The first-order chi connectivity index (χ1) is 28.5. The highest BCUT2D eigenvalue weighted by molar-refractivity contribution is 6.23. The van der Waals surface area contributed by atoms with Crippen molar-refractivity contribution in [3.63, 3.8) is 0 Å². The fourth-order valence-corrected chi connectivity index (χ4v) is 8.35. The summed E-state index contributed by atoms with van der Waals surface area (Å²) in [6, 6.07) is 69.6. The molecule has 3 N–H and O–H groups in total. The van der Waals surface area contributed by atoms with Crippen LogP contribution < -0.4 is 5.73 Å². The van der Waals surface area contributed by atoms with E-state index in [0.717, 1.165) is 22.4 Å². The van der Waals surface area contributed by atoms with Gasteiger partial charge < -0.3 is 14.7 Å². The molecule has 0 bridgehead atoms. The van der Waals surface area contributed by atoms with Crippen molar-refractivity contribution < 1.29 is 0 Å². The highest BCUT2D eigenvalue weighted by atomic mass is 15.0. The molecular weight excluding hydrogens is 707 g/mol. The molecule has 0 spiro atoms. The normalized spacial score (nSPS) is 11.8. The number of nitrogens with zero attached hydrogens (tertiary/aromatic N) is 3. The highest BCUT2D eigenvalue weighted by Crippen LogP contribution is 2.41. The van der Waals surface area contributed by atoms with E-state index in [9.17, 15) is 0 Å². The number of aromatic nitrogens is 2. The summed E-state index contributed by atoms with van der Waals surface area (Å²) in [7, 11) is 0. The van der Waals surface area contributed by atoms with E-state index < -0.39 is 0 Å². The fourth-order valence-electron chi connectivity index (χ4n) is 8.35. The summed E-state index contributed by atoms with van der Waals surface area (Å²) in [5.41, 5.74) is 18.2. The van der Waals surface area contributed by atoms with E-state index in [-0.39, 0.29) is 5.84 Å². The molecule has 58 heavy (non-hydrogen) atoms. The zero-order valence-corrected chi connectivity index (χ0v) is 32.0. The lowest BCUT2D eigenvalue weighted by Gasteiger charge is -2.11. The Morgan fingerprint density at radius 1 is 0.448 bits per heavy atom. The second-order valence-corrected chi connectivity index (χ2v) is 14.7. The molecular formula is C53H39N5. The van der Waals surface area contributed by atoms with Gasteiger partial charge in [-0.2, -0.15) is 0 Å². The molecule has 0 aliphatic heterocycles. The molecule has 3 heterocycles. The van der Waals surface area contributed by atoms with Crippen LogP contribution in [0.25, 0.3) is 76.7 Å². The van der Waals surface area contributed by atoms with Crippen LogP contribution in [-0.4, -0.2) is 20.6 Å². The Morgan fingerprint density at radius 3 is 1.71 bits per heavy atom. The number of pyridine rings is 1. The molecule has 0 fully saturated rings. The first-order valence-corrected chi connectivity index (χ1v) is 19.5. The third kappa shape index (κ3) is 5.97. The molecule has 0 aliphatic carbocycles. The first kappa shape index (κ1) is 34.7. The monoisotopic (exact) mass is 745 g/mol. The molecule has 8 aromatic carbocycles. The molecule has 11 aromatic rings. The van der Waals surface area contributed by atoms with Crippen LogP contribution in [0.5, 0.6) is 0 Å². The summed E-state index contributed by atoms with van der Waals surface area (Å²) in [5.74, 6) is 0.456. The predicted molar refractivity (Wildman–Crippen MR) is 245 cm³/mol. The molecule has 0 saturated heterocycles. The van der Waals surface area contributed by atoms with Crippen LogP contribution in [0.15, 0.2) is 205 Å². The second-order valence-electron chi connectivity index (χ2n) is 14.7. The largest absolute Gasteiger partial charge is 0.383 e. The summed E-state index contributed by atoms with van der Waals surface area (Å²) in [5, 5.41) is 16.1. The summed E-state index contributed by atoms with van der Waals surface area (Å²) in [4.78, 5) is 4.40. The maximum absolute atomic E-state index is 8.67. The summed E-state index contributed by atoms with van der Waals surface area (Å²) < 4.78 is 4.84. The number of amidine groups is 2. The number of nitrogens with one attached hydrogen (secondary N) is 1. The number of aliphatic imine (C=N–C) groups is 1. The van der Waals surface area contributed by atoms with E-state index in [1.54, 1.807) is 0 Å². The highest BCUT2D eigenvalue weighted by Gasteiger charge is 2.19. The van der Waals surface area contributed by atoms with Crippen LogP contribution in [0.3, 0.4) is 0 Å². The summed E-state index contributed by atoms with van der Waals surface area (Å²) >= 11 is 0. The fraction of sp³-hybridized carbons (Fsp3) is 0.0189. The number of hydrogen-bond acceptors (Lipinski definition) is 1. The minimum absolute atomic E-state index is 0.129. The first-order valence-electron chi connectivity index (χ1n) is 19.5. The molecule has 0 radical (unpaired) electrons. The predicted octanol–water partition coefficient (Wildman–Crippen LogP) is 12.9. The van der Waals surface area contributed by atoms with Gasteiger partial charge in [0.15, 0.2) is 5.84 Å². The molecule has 11 rings (SSSR count). The van der Waals surface area contributed by atoms with E-state index >= 15 is 0 Å². The molecule has 0 atom stereocenters. The standard InChI is InChI=1S/C46H31N5.C7H8/c47-45(30-11-2-1-3-12-30)49-46(48)32-14-10-13-31(27-32)29-21-23-33(24-22-29)50-40-19-8-7-18-37(40)38-25-26-42-39(44(38)50)28-43-36-17-5-4-15-34(36)35-16-6-9-20-41(35)51(42)43;1-7-5-3-2-4-6-7/h1-28H,(H3,47,48,49);2-6H,1H3. The van der Waals surface area contributed by atoms with Gasteiger partial charge in [-0.05, 0) is 65.9 Å². The van der Waals surface area contributed by atoms with Crippen LogP contribution >= 0.6 is 0 Å². The van der Waals surface area contributed by atoms with Crippen molar-refractivity contribution >= 4 is 71.6 Å². The zero-order valence-electron chi connectivity index (χ0n) is 32.0. The van der Waals surface area contributed by atoms with Gasteiger partial charge in [0, 0.05) is 43.7 Å². The Morgan fingerprint density at radius 2 is 1.02 bits per heavy atom. The van der Waals surface area contributed by atoms with Crippen molar-refractivity contribution in [1.29, 1.82) is 5.41 Å². The number of rotatable bonds is 4. The molecule has 0 unspecified atom stereocenters. The number of aryl methyl sites for hydroxylation is 1. The van der Waals surface area contributed by atoms with Crippen molar-refractivity contribution in [3.8, 4) is 16.8 Å². The smallest absolute Gasteiger partial charge is 0.154 e. The van der Waals surface area contributed by atoms with Gasteiger partial charge in [0.2, 0.25) is 0 Å². The number of fused-ring (bicyclic) bond motifs is 12. The quantitative estimate of drug-likeness (QED) is 0.105. The zero-order chi connectivity index (χ0) is 39.2. The maximum Gasteiger partial charge on any atom is 0.154 e. The second kappa shape index (κ2) is 14.4. The minimum Gasteiger partial charge on any atom is -0.383 e. The molecule has 0 saturated carbocycles. The average molecular weight is 746 g/mol. The third-order valence-corrected chi connectivity index (χ3v) is 11.1. The Balaban J connectivity index is 0.000000530. The lowest BCUT2D eigenvalue weighted by molar-refractivity contribution is 1.19. The van der Waals surface area contributed by atoms with E-state index in [4.69, 9.17) is 11.1 Å². The molecule has 3 aromatic heterocycles. The van der Waals surface area contributed by atoms with Crippen molar-refractivity contribution in [2.45, 2.75) is 6.92 Å². The van der Waals surface area contributed by atoms with E-state index in [0.29, 0.717) is 11.4 Å². The molecule has 5 nitrogen and oxygen atoms in total. The third-order valence-electron chi connectivity index (χ3n) is 11.1. The average Bonchev–Trinajstić information content (AvgIpc) is 3.84. The van der Waals surface area contributed by atoms with Gasteiger partial charge in [-0.3, -0.25) is 5.41 Å². The number of hydrogen-bond donors (Lipinski definition) is 2. The Kier molecular flexibility index (Phi) is 8.61. The lowest BCUT2D eigenvalue weighted by atomic mass is 10.0. The van der Waals surface area contributed by atoms with E-state index in [2.05, 4.69) is 154 Å². The van der Waals surface area contributed by atoms with Crippen molar-refractivity contribution in [1.82, 2.24) is 8.97 Å². The van der Waals surface area contributed by atoms with Gasteiger partial charge in [0.1, 0.15) is 5.84 Å². The van der Waals surface area contributed by atoms with Gasteiger partial charge in [0.25, 0.3) is 0 Å². The Hall–Kier alpha value is -7.76. The molecule has 5 heteroatoms. The SMILES string of the molecule is Cc1ccccc1.N=C(N=C(N)c1ccccc1)c1cccc(-c2ccc(-n3c4ccccc4c4ccc5c(cc6c7ccccc7c7ccccc7n65)c43)cc2)c1. The van der Waals surface area contributed by atoms with Gasteiger partial charge in [-0.25, -0.2) is 4.99 Å². The number of nitrogens with two attached hydrogens (primary N) is 1. The topological polar surface area (TPSA) is 71.6 Å². The van der Waals surface area contributed by atoms with Crippen LogP contribution in [0.4, 0.5) is 0 Å². The van der Waals surface area contributed by atoms with Crippen molar-refractivity contribution in [3.05, 3.63) is 217 Å². The van der Waals surface area contributed by atoms with Crippen LogP contribution in [0.1, 0.15) is 16.7 Å². The van der Waals surface area contributed by atoms with Crippen molar-refractivity contribution in [2.75, 3.05) is 0 Å². The van der Waals surface area contributed by atoms with Crippen LogP contribution in [-0.2, 0) is 0 Å². The molecule has 0 amide bonds. The minimum atomic E-state index is 0.129. The van der Waals surface area contributed by atoms with Crippen LogP contribution in [0.2, 0.25) is 0 Å². The summed E-state index contributed by atoms with van der Waals surface area (Å²) in [6.07, 6.45) is 0. The van der Waals surface area contributed by atoms with Crippen LogP contribution in [0, 0.1) is 12.3 Å². The van der Waals surface area contributed by atoms with Gasteiger partial charge in [-0.15, -0.1) is 0 Å². The van der Waals surface area contributed by atoms with Gasteiger partial charge in [-0.1, -0.05) is 163 Å². The molecule has 276 valence electrons. The Bertz CT molecular complexity index is 3350. The number of para-hydroxylation sites is 2. The maximum atomic E-state index is 8.67. The van der Waals surface area contributed by atoms with E-state index in [1.165, 1.54) is 65.5 Å². The lowest BCUT2D eigenvalue weighted by Crippen LogP contribution is -2.15. The molecule has 0 aliphatic rings. The van der Waals surface area contributed by atoms with Gasteiger partial charge in [0.05, 0.1) is 27.6 Å². The van der Waals surface area contributed by atoms with E-state index in [1.807, 2.05) is 66.7 Å². The van der Waals surface area contributed by atoms with Crippen molar-refractivity contribution in [2.24, 2.45) is 10.7 Å². The Labute approximate surface area is 336 Å². The summed E-state index contributed by atoms with van der Waals surface area (Å²) in [6.45, 7) is 2.08.